The Kier molecular flexibility index (Phi) is 5.57. The third-order valence-corrected chi connectivity index (χ3v) is 2.31. The predicted octanol–water partition coefficient (Wildman–Crippen LogP) is 0.835. The van der Waals surface area contributed by atoms with Gasteiger partial charge in [-0.3, -0.25) is 9.59 Å². The summed E-state index contributed by atoms with van der Waals surface area (Å²) in [6.45, 7) is 4.23. The quantitative estimate of drug-likeness (QED) is 0.470. The second-order valence-corrected chi connectivity index (χ2v) is 3.65. The van der Waals surface area contributed by atoms with Crippen molar-refractivity contribution in [2.45, 2.75) is 20.3 Å². The summed E-state index contributed by atoms with van der Waals surface area (Å²) in [7, 11) is 0. The van der Waals surface area contributed by atoms with Crippen LogP contribution in [0.1, 0.15) is 25.0 Å². The van der Waals surface area contributed by atoms with Crippen LogP contribution in [0, 0.1) is 0 Å². The monoisotopic (exact) mass is 247 g/mol. The maximum Gasteiger partial charge on any atom is 0.329 e. The summed E-state index contributed by atoms with van der Waals surface area (Å²) in [6.07, 6.45) is 2.47. The molecule has 1 rings (SSSR count). The zero-order valence-corrected chi connectivity index (χ0v) is 10.6. The van der Waals surface area contributed by atoms with Crippen molar-refractivity contribution < 1.29 is 9.59 Å². The molecule has 5 heteroatoms. The topological polar surface area (TPSA) is 70.6 Å². The van der Waals surface area contributed by atoms with Crippen molar-refractivity contribution in [2.24, 2.45) is 5.10 Å². The molecule has 1 aromatic carbocycles. The molecule has 0 fully saturated rings. The van der Waals surface area contributed by atoms with E-state index in [2.05, 4.69) is 22.8 Å². The first-order valence-electron chi connectivity index (χ1n) is 5.87. The zero-order valence-electron chi connectivity index (χ0n) is 10.6. The SMILES string of the molecule is CCNC(=O)C(=O)N/N=C/c1ccc(CC)cc1. The first kappa shape index (κ1) is 13.9. The van der Waals surface area contributed by atoms with Crippen LogP contribution in [0.2, 0.25) is 0 Å². The number of benzene rings is 1. The van der Waals surface area contributed by atoms with Gasteiger partial charge in [0, 0.05) is 6.54 Å². The molecular weight excluding hydrogens is 230 g/mol. The Balaban J connectivity index is 2.49. The standard InChI is InChI=1S/C13H17N3O2/c1-3-10-5-7-11(8-6-10)9-15-16-13(18)12(17)14-4-2/h5-9H,3-4H2,1-2H3,(H,14,17)(H,16,18)/b15-9+. The third-order valence-electron chi connectivity index (χ3n) is 2.31. The molecule has 0 spiro atoms. The van der Waals surface area contributed by atoms with Gasteiger partial charge in [0.15, 0.2) is 0 Å². The van der Waals surface area contributed by atoms with E-state index in [9.17, 15) is 9.59 Å². The summed E-state index contributed by atoms with van der Waals surface area (Å²) < 4.78 is 0. The van der Waals surface area contributed by atoms with Gasteiger partial charge in [0.25, 0.3) is 0 Å². The fraction of sp³-hybridized carbons (Fsp3) is 0.308. The molecule has 0 radical (unpaired) electrons. The normalized spacial score (nSPS) is 10.3. The second-order valence-electron chi connectivity index (χ2n) is 3.65. The molecule has 0 aromatic heterocycles. The summed E-state index contributed by atoms with van der Waals surface area (Å²) in [4.78, 5) is 22.3. The molecule has 0 aliphatic carbocycles. The molecule has 0 bridgehead atoms. The van der Waals surface area contributed by atoms with E-state index < -0.39 is 11.8 Å². The first-order chi connectivity index (χ1) is 8.67. The molecule has 96 valence electrons. The van der Waals surface area contributed by atoms with Crippen LogP contribution < -0.4 is 10.7 Å². The van der Waals surface area contributed by atoms with Crippen molar-refractivity contribution in [3.63, 3.8) is 0 Å². The van der Waals surface area contributed by atoms with Gasteiger partial charge in [0.2, 0.25) is 0 Å². The highest BCUT2D eigenvalue weighted by atomic mass is 16.2. The van der Waals surface area contributed by atoms with Crippen LogP contribution >= 0.6 is 0 Å². The Morgan fingerprint density at radius 2 is 1.83 bits per heavy atom. The fourth-order valence-electron chi connectivity index (χ4n) is 1.30. The highest BCUT2D eigenvalue weighted by Crippen LogP contribution is 2.02. The average Bonchev–Trinajstić information content (AvgIpc) is 2.39. The number of carbonyl (C=O) groups excluding carboxylic acids is 2. The number of amides is 2. The van der Waals surface area contributed by atoms with Crippen LogP contribution in [0.5, 0.6) is 0 Å². The molecule has 0 aliphatic heterocycles. The zero-order chi connectivity index (χ0) is 13.4. The van der Waals surface area contributed by atoms with Crippen LogP contribution in [-0.2, 0) is 16.0 Å². The van der Waals surface area contributed by atoms with Crippen molar-refractivity contribution in [1.29, 1.82) is 0 Å². The number of hydrazone groups is 1. The average molecular weight is 247 g/mol. The highest BCUT2D eigenvalue weighted by Gasteiger charge is 2.09. The third kappa shape index (κ3) is 4.37. The van der Waals surface area contributed by atoms with Crippen LogP contribution in [0.15, 0.2) is 29.4 Å². The number of aryl methyl sites for hydroxylation is 1. The van der Waals surface area contributed by atoms with E-state index in [1.54, 1.807) is 6.92 Å². The van der Waals surface area contributed by atoms with Gasteiger partial charge in [-0.05, 0) is 24.5 Å². The number of nitrogens with zero attached hydrogens (tertiary/aromatic N) is 1. The van der Waals surface area contributed by atoms with E-state index in [1.807, 2.05) is 24.3 Å². The van der Waals surface area contributed by atoms with Gasteiger partial charge in [-0.25, -0.2) is 5.43 Å². The minimum absolute atomic E-state index is 0.411. The molecule has 0 saturated carbocycles. The maximum absolute atomic E-state index is 11.2. The largest absolute Gasteiger partial charge is 0.348 e. The van der Waals surface area contributed by atoms with Gasteiger partial charge in [-0.1, -0.05) is 31.2 Å². The highest BCUT2D eigenvalue weighted by molar-refractivity contribution is 6.35. The molecule has 5 nitrogen and oxygen atoms in total. The van der Waals surface area contributed by atoms with Crippen molar-refractivity contribution in [3.8, 4) is 0 Å². The van der Waals surface area contributed by atoms with Crippen molar-refractivity contribution in [1.82, 2.24) is 10.7 Å². The number of likely N-dealkylation sites (N-methyl/N-ethyl adjacent to an activating group) is 1. The van der Waals surface area contributed by atoms with Gasteiger partial charge >= 0.3 is 11.8 Å². The molecule has 0 saturated heterocycles. The Morgan fingerprint density at radius 1 is 1.17 bits per heavy atom. The van der Waals surface area contributed by atoms with Crippen LogP contribution in [0.3, 0.4) is 0 Å². The van der Waals surface area contributed by atoms with Crippen molar-refractivity contribution in [2.75, 3.05) is 6.54 Å². The predicted molar refractivity (Wildman–Crippen MR) is 70.2 cm³/mol. The van der Waals surface area contributed by atoms with Gasteiger partial charge in [0.1, 0.15) is 0 Å². The van der Waals surface area contributed by atoms with Gasteiger partial charge in [-0.15, -0.1) is 0 Å². The van der Waals surface area contributed by atoms with E-state index >= 15 is 0 Å². The Bertz CT molecular complexity index is 438. The summed E-state index contributed by atoms with van der Waals surface area (Å²) in [5, 5.41) is 6.10. The molecule has 0 unspecified atom stereocenters. The summed E-state index contributed by atoms with van der Waals surface area (Å²) >= 11 is 0. The lowest BCUT2D eigenvalue weighted by Gasteiger charge is -2.00. The van der Waals surface area contributed by atoms with Crippen LogP contribution in [0.4, 0.5) is 0 Å². The number of nitrogens with one attached hydrogen (secondary N) is 2. The molecule has 0 atom stereocenters. The molecule has 0 heterocycles. The van der Waals surface area contributed by atoms with E-state index in [1.165, 1.54) is 11.8 Å². The molecule has 1 aromatic rings. The fourth-order valence-corrected chi connectivity index (χ4v) is 1.30. The molecule has 0 aliphatic rings. The number of hydrogen-bond acceptors (Lipinski definition) is 3. The first-order valence-corrected chi connectivity index (χ1v) is 5.87. The van der Waals surface area contributed by atoms with Crippen molar-refractivity contribution in [3.05, 3.63) is 35.4 Å². The lowest BCUT2D eigenvalue weighted by atomic mass is 10.1. The van der Waals surface area contributed by atoms with Crippen molar-refractivity contribution >= 4 is 18.0 Å². The van der Waals surface area contributed by atoms with E-state index in [0.717, 1.165) is 12.0 Å². The van der Waals surface area contributed by atoms with E-state index in [0.29, 0.717) is 6.54 Å². The number of rotatable bonds is 4. The summed E-state index contributed by atoms with van der Waals surface area (Å²) in [5.41, 5.74) is 4.26. The Hall–Kier alpha value is -2.17. The maximum atomic E-state index is 11.2. The van der Waals surface area contributed by atoms with Gasteiger partial charge in [-0.2, -0.15) is 5.10 Å². The Morgan fingerprint density at radius 3 is 2.39 bits per heavy atom. The molecule has 2 amide bonds. The minimum atomic E-state index is -0.765. The Labute approximate surface area is 106 Å². The summed E-state index contributed by atoms with van der Waals surface area (Å²) in [5.74, 6) is -1.45. The molecule has 18 heavy (non-hydrogen) atoms. The second kappa shape index (κ2) is 7.21. The summed E-state index contributed by atoms with van der Waals surface area (Å²) in [6, 6.07) is 7.79. The lowest BCUT2D eigenvalue weighted by molar-refractivity contribution is -0.139. The van der Waals surface area contributed by atoms with E-state index in [-0.39, 0.29) is 0 Å². The molecule has 2 N–H and O–H groups in total. The van der Waals surface area contributed by atoms with Gasteiger partial charge in [0.05, 0.1) is 6.21 Å². The number of hydrogen-bond donors (Lipinski definition) is 2. The van der Waals surface area contributed by atoms with Crippen LogP contribution in [-0.4, -0.2) is 24.6 Å². The minimum Gasteiger partial charge on any atom is -0.348 e. The molecular formula is C13H17N3O2. The van der Waals surface area contributed by atoms with Gasteiger partial charge < -0.3 is 5.32 Å². The van der Waals surface area contributed by atoms with Crippen LogP contribution in [0.25, 0.3) is 0 Å². The van der Waals surface area contributed by atoms with E-state index in [4.69, 9.17) is 0 Å². The lowest BCUT2D eigenvalue weighted by Crippen LogP contribution is -2.37. The smallest absolute Gasteiger partial charge is 0.329 e. The number of carbonyl (C=O) groups is 2.